The van der Waals surface area contributed by atoms with Crippen molar-refractivity contribution in [3.63, 3.8) is 0 Å². The fraction of sp³-hybridized carbons (Fsp3) is 0.476. The second kappa shape index (κ2) is 9.58. The van der Waals surface area contributed by atoms with E-state index in [-0.39, 0.29) is 10.9 Å². The first-order chi connectivity index (χ1) is 16.8. The number of imidazole rings is 1. The van der Waals surface area contributed by atoms with E-state index in [1.807, 2.05) is 5.01 Å². The summed E-state index contributed by atoms with van der Waals surface area (Å²) in [5.74, 6) is 0.315. The number of piperidine rings is 1. The highest BCUT2D eigenvalue weighted by Crippen LogP contribution is 2.33. The minimum Gasteiger partial charge on any atom is -0.394 e. The van der Waals surface area contributed by atoms with Gasteiger partial charge in [-0.15, -0.1) is 0 Å². The number of ether oxygens (including phenoxy) is 1. The Morgan fingerprint density at radius 1 is 1.11 bits per heavy atom. The Morgan fingerprint density at radius 3 is 2.49 bits per heavy atom. The van der Waals surface area contributed by atoms with E-state index >= 15 is 0 Å². The Morgan fingerprint density at radius 2 is 1.83 bits per heavy atom. The van der Waals surface area contributed by atoms with Gasteiger partial charge in [0, 0.05) is 13.1 Å². The first-order valence-corrected chi connectivity index (χ1v) is 13.0. The van der Waals surface area contributed by atoms with Crippen LogP contribution in [0, 0.1) is 0 Å². The van der Waals surface area contributed by atoms with Crippen LogP contribution in [0.25, 0.3) is 11.2 Å². The molecule has 2 aliphatic rings. The summed E-state index contributed by atoms with van der Waals surface area (Å²) in [6.07, 6.45) is -2.29. The fourth-order valence-electron chi connectivity index (χ4n) is 4.49. The molecule has 2 fully saturated rings. The van der Waals surface area contributed by atoms with Crippen molar-refractivity contribution in [3.8, 4) is 0 Å². The molecular formula is C21H25ClN6O6S. The third-order valence-corrected chi connectivity index (χ3v) is 8.85. The Bertz CT molecular complexity index is 1300. The van der Waals surface area contributed by atoms with E-state index in [0.29, 0.717) is 42.2 Å². The highest BCUT2D eigenvalue weighted by atomic mass is 35.5. The second-order valence-corrected chi connectivity index (χ2v) is 11.1. The molecule has 2 saturated heterocycles. The number of hydrogen-bond acceptors (Lipinski definition) is 11. The fourth-order valence-corrected chi connectivity index (χ4v) is 6.41. The first kappa shape index (κ1) is 24.3. The lowest BCUT2D eigenvalue weighted by atomic mass is 10.1. The van der Waals surface area contributed by atoms with E-state index in [0.717, 1.165) is 0 Å². The van der Waals surface area contributed by atoms with Gasteiger partial charge in [0.1, 0.15) is 18.3 Å². The van der Waals surface area contributed by atoms with Crippen molar-refractivity contribution in [1.29, 1.82) is 0 Å². The zero-order valence-corrected chi connectivity index (χ0v) is 20.0. The molecule has 14 heteroatoms. The maximum atomic E-state index is 12.9. The normalized spacial score (nSPS) is 26.4. The molecule has 12 nitrogen and oxygen atoms in total. The number of aromatic nitrogens is 4. The lowest BCUT2D eigenvalue weighted by Gasteiger charge is -2.32. The largest absolute Gasteiger partial charge is 0.394 e. The van der Waals surface area contributed by atoms with Crippen LogP contribution in [-0.4, -0.2) is 91.5 Å². The van der Waals surface area contributed by atoms with Gasteiger partial charge in [-0.05, 0) is 36.6 Å². The maximum absolute atomic E-state index is 12.9. The summed E-state index contributed by atoms with van der Waals surface area (Å²) in [6, 6.07) is 8.44. The lowest BCUT2D eigenvalue weighted by molar-refractivity contribution is -0.0511. The van der Waals surface area contributed by atoms with Crippen molar-refractivity contribution in [2.45, 2.75) is 47.5 Å². The Hall–Kier alpha value is -2.39. The topological polar surface area (TPSA) is 163 Å². The number of aliphatic hydroxyl groups is 3. The van der Waals surface area contributed by atoms with Crippen molar-refractivity contribution >= 4 is 38.4 Å². The number of fused-ring (bicyclic) bond motifs is 1. The van der Waals surface area contributed by atoms with Gasteiger partial charge in [0.2, 0.25) is 5.28 Å². The number of benzene rings is 1. The minimum absolute atomic E-state index is 0.0740. The number of halogens is 1. The van der Waals surface area contributed by atoms with E-state index in [1.54, 1.807) is 30.3 Å². The van der Waals surface area contributed by atoms with Crippen LogP contribution in [0.4, 0.5) is 5.82 Å². The van der Waals surface area contributed by atoms with Gasteiger partial charge in [-0.2, -0.15) is 9.97 Å². The predicted octanol–water partition coefficient (Wildman–Crippen LogP) is 0.356. The van der Waals surface area contributed by atoms with Crippen LogP contribution in [0.1, 0.15) is 19.1 Å². The minimum atomic E-state index is -3.42. The number of hydrazine groups is 1. The molecule has 0 radical (unpaired) electrons. The summed E-state index contributed by atoms with van der Waals surface area (Å²) >= 11 is 6.16. The lowest BCUT2D eigenvalue weighted by Crippen LogP contribution is -2.42. The third-order valence-electron chi connectivity index (χ3n) is 6.40. The van der Waals surface area contributed by atoms with Crippen molar-refractivity contribution in [1.82, 2.24) is 24.5 Å². The molecule has 0 saturated carbocycles. The SMILES string of the molecule is O=S(=O)(c1ccccc1)C1CCN(Nc2nc(Cl)nc3c2ncn3C2OC(CO)C(O)C2O)CC1. The number of aliphatic hydroxyl groups excluding tert-OH is 3. The smallest absolute Gasteiger partial charge is 0.226 e. The predicted molar refractivity (Wildman–Crippen MR) is 125 cm³/mol. The van der Waals surface area contributed by atoms with Gasteiger partial charge < -0.3 is 25.5 Å². The van der Waals surface area contributed by atoms with Gasteiger partial charge in [-0.1, -0.05) is 18.2 Å². The molecule has 5 rings (SSSR count). The van der Waals surface area contributed by atoms with E-state index in [4.69, 9.17) is 16.3 Å². The number of anilines is 1. The van der Waals surface area contributed by atoms with Gasteiger partial charge in [-0.3, -0.25) is 4.57 Å². The van der Waals surface area contributed by atoms with E-state index in [1.165, 1.54) is 10.9 Å². The molecule has 0 amide bonds. The number of hydrogen-bond donors (Lipinski definition) is 4. The highest BCUT2D eigenvalue weighted by Gasteiger charge is 2.44. The molecule has 35 heavy (non-hydrogen) atoms. The van der Waals surface area contributed by atoms with Crippen molar-refractivity contribution in [3.05, 3.63) is 41.9 Å². The number of sulfone groups is 1. The molecule has 0 bridgehead atoms. The molecule has 3 aromatic rings. The van der Waals surface area contributed by atoms with Crippen molar-refractivity contribution in [2.24, 2.45) is 0 Å². The highest BCUT2D eigenvalue weighted by molar-refractivity contribution is 7.92. The molecule has 4 N–H and O–H groups in total. The standard InChI is InChI=1S/C21H25ClN6O6S/c22-21-24-18(15-19(25-21)28(11-23-15)20-17(31)16(30)14(10-29)34-20)26-27-8-6-13(7-9-27)35(32,33)12-4-2-1-3-5-12/h1-5,11,13-14,16-17,20,29-31H,6-10H2,(H,24,25,26). The van der Waals surface area contributed by atoms with Crippen LogP contribution in [0.5, 0.6) is 0 Å². The van der Waals surface area contributed by atoms with E-state index in [9.17, 15) is 23.7 Å². The first-order valence-electron chi connectivity index (χ1n) is 11.1. The Kier molecular flexibility index (Phi) is 6.65. The van der Waals surface area contributed by atoms with E-state index in [2.05, 4.69) is 20.4 Å². The molecule has 4 atom stereocenters. The molecule has 188 valence electrons. The molecule has 4 heterocycles. The molecular weight excluding hydrogens is 500 g/mol. The second-order valence-electron chi connectivity index (χ2n) is 8.55. The zero-order chi connectivity index (χ0) is 24.7. The van der Waals surface area contributed by atoms with Gasteiger partial charge in [0.25, 0.3) is 0 Å². The summed E-state index contributed by atoms with van der Waals surface area (Å²) in [6.45, 7) is 0.449. The molecule has 0 aliphatic carbocycles. The molecule has 2 aliphatic heterocycles. The summed E-state index contributed by atoms with van der Waals surface area (Å²) in [7, 11) is -3.42. The van der Waals surface area contributed by atoms with Crippen LogP contribution in [0.3, 0.4) is 0 Å². The summed E-state index contributed by atoms with van der Waals surface area (Å²) in [5, 5.41) is 31.1. The molecule has 0 spiro atoms. The third kappa shape index (κ3) is 4.48. The summed E-state index contributed by atoms with van der Waals surface area (Å²) < 4.78 is 32.9. The average Bonchev–Trinajstić information content (AvgIpc) is 3.40. The van der Waals surface area contributed by atoms with Crippen LogP contribution < -0.4 is 5.43 Å². The van der Waals surface area contributed by atoms with Crippen molar-refractivity contribution < 1.29 is 28.5 Å². The summed E-state index contributed by atoms with van der Waals surface area (Å²) in [5.41, 5.74) is 3.78. The van der Waals surface area contributed by atoms with Gasteiger partial charge >= 0.3 is 0 Å². The zero-order valence-electron chi connectivity index (χ0n) is 18.5. The maximum Gasteiger partial charge on any atom is 0.226 e. The average molecular weight is 525 g/mol. The molecule has 2 aromatic heterocycles. The van der Waals surface area contributed by atoms with Crippen LogP contribution in [0.15, 0.2) is 41.6 Å². The van der Waals surface area contributed by atoms with Crippen LogP contribution >= 0.6 is 11.6 Å². The monoisotopic (exact) mass is 524 g/mol. The van der Waals surface area contributed by atoms with Crippen molar-refractivity contribution in [2.75, 3.05) is 25.1 Å². The number of nitrogens with one attached hydrogen (secondary N) is 1. The van der Waals surface area contributed by atoms with Gasteiger partial charge in [-0.25, -0.2) is 18.4 Å². The number of nitrogens with zero attached hydrogens (tertiary/aromatic N) is 5. The Labute approximate surface area is 206 Å². The van der Waals surface area contributed by atoms with Gasteiger partial charge in [0.05, 0.1) is 23.1 Å². The van der Waals surface area contributed by atoms with Crippen LogP contribution in [0.2, 0.25) is 5.28 Å². The van der Waals surface area contributed by atoms with Crippen LogP contribution in [-0.2, 0) is 14.6 Å². The summed E-state index contributed by atoms with van der Waals surface area (Å²) in [4.78, 5) is 13.1. The molecule has 1 aromatic carbocycles. The van der Waals surface area contributed by atoms with E-state index < -0.39 is 46.2 Å². The molecule has 4 unspecified atom stereocenters. The van der Waals surface area contributed by atoms with Gasteiger partial charge in [0.15, 0.2) is 33.0 Å². The quantitative estimate of drug-likeness (QED) is 0.329. The Balaban J connectivity index is 1.33. The number of rotatable bonds is 6.